The molecule has 22 heavy (non-hydrogen) atoms. The first-order chi connectivity index (χ1) is 10.5. The van der Waals surface area contributed by atoms with Crippen molar-refractivity contribution < 1.29 is 8.42 Å². The van der Waals surface area contributed by atoms with Gasteiger partial charge < -0.3 is 10.2 Å². The Kier molecular flexibility index (Phi) is 4.08. The molecule has 0 spiro atoms. The van der Waals surface area contributed by atoms with Crippen LogP contribution in [0.3, 0.4) is 0 Å². The van der Waals surface area contributed by atoms with Crippen molar-refractivity contribution in [3.05, 3.63) is 41.7 Å². The fourth-order valence-corrected chi connectivity index (χ4v) is 4.48. The van der Waals surface area contributed by atoms with Crippen molar-refractivity contribution in [2.24, 2.45) is 0 Å². The van der Waals surface area contributed by atoms with Crippen LogP contribution in [0.5, 0.6) is 0 Å². The van der Waals surface area contributed by atoms with Gasteiger partial charge in [-0.05, 0) is 25.2 Å². The van der Waals surface area contributed by atoms with Gasteiger partial charge in [-0.3, -0.25) is 0 Å². The van der Waals surface area contributed by atoms with Crippen LogP contribution in [0.4, 0.5) is 5.69 Å². The smallest absolute Gasteiger partial charge is 0.243 e. The lowest BCUT2D eigenvalue weighted by atomic mass is 10.1. The molecule has 0 N–H and O–H groups in total. The van der Waals surface area contributed by atoms with Crippen LogP contribution >= 0.6 is 0 Å². The fourth-order valence-electron chi connectivity index (χ4n) is 2.85. The summed E-state index contributed by atoms with van der Waals surface area (Å²) < 4.78 is 27.4. The van der Waals surface area contributed by atoms with E-state index in [1.165, 1.54) is 4.31 Å². The maximum Gasteiger partial charge on any atom is 0.243 e. The second kappa shape index (κ2) is 5.87. The van der Waals surface area contributed by atoms with E-state index in [-0.39, 0.29) is 0 Å². The van der Waals surface area contributed by atoms with Gasteiger partial charge in [-0.1, -0.05) is 24.3 Å². The third kappa shape index (κ3) is 2.58. The van der Waals surface area contributed by atoms with Crippen molar-refractivity contribution >= 4 is 26.5 Å². The second-order valence-corrected chi connectivity index (χ2v) is 7.50. The zero-order chi connectivity index (χ0) is 15.7. The highest BCUT2D eigenvalue weighted by molar-refractivity contribution is 7.89. The van der Waals surface area contributed by atoms with Crippen molar-refractivity contribution in [3.63, 3.8) is 0 Å². The maximum atomic E-state index is 13.0. The van der Waals surface area contributed by atoms with Crippen LogP contribution in [0, 0.1) is 0 Å². The highest BCUT2D eigenvalue weighted by Gasteiger charge is 2.25. The maximum absolute atomic E-state index is 13.0. The van der Waals surface area contributed by atoms with Gasteiger partial charge in [0.15, 0.2) is 0 Å². The molecule has 0 bridgehead atoms. The van der Waals surface area contributed by atoms with E-state index in [0.717, 1.165) is 16.5 Å². The Morgan fingerprint density at radius 3 is 2.32 bits per heavy atom. The molecule has 1 fully saturated rings. The molecule has 118 valence electrons. The van der Waals surface area contributed by atoms with Crippen LogP contribution in [0.2, 0.25) is 0 Å². The first-order valence-corrected chi connectivity index (χ1v) is 8.78. The summed E-state index contributed by atoms with van der Waals surface area (Å²) in [7, 11) is 0.445. The largest absolute Gasteiger partial charge is 0.660 e. The van der Waals surface area contributed by atoms with E-state index in [4.69, 9.17) is 0 Å². The summed E-state index contributed by atoms with van der Waals surface area (Å²) in [6.45, 7) is 2.08. The minimum Gasteiger partial charge on any atom is -0.660 e. The van der Waals surface area contributed by atoms with Gasteiger partial charge >= 0.3 is 0 Å². The minimum atomic E-state index is -3.48. The van der Waals surface area contributed by atoms with E-state index < -0.39 is 10.0 Å². The molecule has 3 rings (SSSR count). The molecule has 1 saturated heterocycles. The number of fused-ring (bicyclic) bond motifs is 1. The number of rotatable bonds is 3. The normalized spacial score (nSPS) is 16.8. The summed E-state index contributed by atoms with van der Waals surface area (Å²) in [5, 5.41) is 5.95. The zero-order valence-electron chi connectivity index (χ0n) is 12.9. The number of hydrogen-bond donors (Lipinski definition) is 0. The van der Waals surface area contributed by atoms with E-state index in [1.807, 2.05) is 49.3 Å². The van der Waals surface area contributed by atoms with Crippen molar-refractivity contribution in [1.82, 2.24) is 4.31 Å². The van der Waals surface area contributed by atoms with Gasteiger partial charge in [-0.2, -0.15) is 0 Å². The van der Waals surface area contributed by atoms with Crippen LogP contribution in [-0.4, -0.2) is 53.0 Å². The van der Waals surface area contributed by atoms with Gasteiger partial charge in [-0.15, -0.1) is 13.1 Å². The van der Waals surface area contributed by atoms with Crippen molar-refractivity contribution in [3.8, 4) is 0 Å². The Balaban J connectivity index is 2.17. The Morgan fingerprint density at radius 2 is 1.64 bits per heavy atom. The van der Waals surface area contributed by atoms with E-state index in [0.29, 0.717) is 31.1 Å². The average molecular weight is 318 g/mol. The fraction of sp³-hybridized carbons (Fsp3) is 0.375. The number of benzene rings is 2. The molecule has 2 aromatic rings. The van der Waals surface area contributed by atoms with Gasteiger partial charge in [0.05, 0.1) is 4.90 Å². The summed E-state index contributed by atoms with van der Waals surface area (Å²) in [4.78, 5) is 2.38. The van der Waals surface area contributed by atoms with E-state index >= 15 is 0 Å². The minimum absolute atomic E-state index is 0.385. The van der Waals surface area contributed by atoms with Gasteiger partial charge in [0.1, 0.15) is 0 Å². The summed E-state index contributed by atoms with van der Waals surface area (Å²) in [5.41, 5.74) is 1.02. The van der Waals surface area contributed by atoms with Gasteiger partial charge in [0, 0.05) is 30.6 Å². The standard InChI is InChI=1S/C16H20N3O2S/c1-18(2)15-7-3-6-14-13(15)5-4-8-16(14)22(20,21)19-11-9-17-10-12-19/h3-8H,9-12H2,1-2H3/q-1. The molecule has 0 radical (unpaired) electrons. The average Bonchev–Trinajstić information content (AvgIpc) is 2.54. The SMILES string of the molecule is CN(C)c1cccc2c(S(=O)(=O)N3CC[N-]CC3)cccc12. The number of nitrogens with zero attached hydrogens (tertiary/aromatic N) is 3. The third-order valence-corrected chi connectivity index (χ3v) is 5.93. The number of hydrogen-bond acceptors (Lipinski definition) is 3. The van der Waals surface area contributed by atoms with Crippen molar-refractivity contribution in [2.75, 3.05) is 45.2 Å². The van der Waals surface area contributed by atoms with Crippen LogP contribution in [0.15, 0.2) is 41.3 Å². The lowest BCUT2D eigenvalue weighted by Crippen LogP contribution is -2.39. The first-order valence-electron chi connectivity index (χ1n) is 7.34. The van der Waals surface area contributed by atoms with Crippen LogP contribution < -0.4 is 4.90 Å². The third-order valence-electron chi connectivity index (χ3n) is 3.97. The monoisotopic (exact) mass is 318 g/mol. The Hall–Kier alpha value is -1.63. The zero-order valence-corrected chi connectivity index (χ0v) is 13.7. The predicted octanol–water partition coefficient (Wildman–Crippen LogP) is 2.28. The summed E-state index contributed by atoms with van der Waals surface area (Å²) in [6.07, 6.45) is 0. The van der Waals surface area contributed by atoms with Crippen molar-refractivity contribution in [2.45, 2.75) is 4.90 Å². The van der Waals surface area contributed by atoms with Gasteiger partial charge in [0.25, 0.3) is 0 Å². The molecule has 0 aromatic heterocycles. The second-order valence-electron chi connectivity index (χ2n) is 5.60. The molecule has 0 saturated carbocycles. The van der Waals surface area contributed by atoms with E-state index in [9.17, 15) is 8.42 Å². The molecule has 1 aliphatic rings. The molecule has 5 nitrogen and oxygen atoms in total. The quantitative estimate of drug-likeness (QED) is 0.872. The Bertz CT molecular complexity index is 781. The number of piperazine rings is 1. The molecule has 0 unspecified atom stereocenters. The van der Waals surface area contributed by atoms with Crippen LogP contribution in [0.25, 0.3) is 16.1 Å². The molecule has 2 aromatic carbocycles. The van der Waals surface area contributed by atoms with Crippen LogP contribution in [0.1, 0.15) is 0 Å². The van der Waals surface area contributed by atoms with Crippen molar-refractivity contribution in [1.29, 1.82) is 0 Å². The lowest BCUT2D eigenvalue weighted by Gasteiger charge is -2.34. The van der Waals surface area contributed by atoms with Crippen LogP contribution in [-0.2, 0) is 10.0 Å². The molecule has 0 atom stereocenters. The van der Waals surface area contributed by atoms with Gasteiger partial charge in [0.2, 0.25) is 10.0 Å². The van der Waals surface area contributed by atoms with E-state index in [1.54, 1.807) is 6.07 Å². The predicted molar refractivity (Wildman–Crippen MR) is 90.1 cm³/mol. The summed E-state index contributed by atoms with van der Waals surface area (Å²) >= 11 is 0. The summed E-state index contributed by atoms with van der Waals surface area (Å²) in [5.74, 6) is 0. The number of anilines is 1. The topological polar surface area (TPSA) is 54.7 Å². The van der Waals surface area contributed by atoms with Gasteiger partial charge in [-0.25, -0.2) is 12.7 Å². The highest BCUT2D eigenvalue weighted by Crippen LogP contribution is 2.31. The lowest BCUT2D eigenvalue weighted by molar-refractivity contribution is 0.415. The molecule has 0 amide bonds. The highest BCUT2D eigenvalue weighted by atomic mass is 32.2. The molecule has 6 heteroatoms. The molecule has 1 heterocycles. The Morgan fingerprint density at radius 1 is 1.00 bits per heavy atom. The first kappa shape index (κ1) is 15.3. The van der Waals surface area contributed by atoms with E-state index in [2.05, 4.69) is 5.32 Å². The summed E-state index contributed by atoms with van der Waals surface area (Å²) in [6, 6.07) is 11.3. The molecule has 1 aliphatic heterocycles. The number of sulfonamides is 1. The molecular weight excluding hydrogens is 298 g/mol. The Labute approximate surface area is 131 Å². The molecular formula is C16H20N3O2S-. The molecule has 0 aliphatic carbocycles.